The van der Waals surface area contributed by atoms with E-state index >= 15 is 0 Å². The molecule has 0 saturated carbocycles. The Balaban J connectivity index is 1.76. The predicted octanol–water partition coefficient (Wildman–Crippen LogP) is 1.62. The van der Waals surface area contributed by atoms with Gasteiger partial charge in [0.15, 0.2) is 11.5 Å². The second-order valence-corrected chi connectivity index (χ2v) is 6.18. The summed E-state index contributed by atoms with van der Waals surface area (Å²) in [6.07, 6.45) is 0. The second kappa shape index (κ2) is 7.61. The zero-order chi connectivity index (χ0) is 16.9. The Bertz CT molecular complexity index is 719. The van der Waals surface area contributed by atoms with E-state index in [2.05, 4.69) is 4.98 Å². The molecule has 8 heteroatoms. The summed E-state index contributed by atoms with van der Waals surface area (Å²) in [5, 5.41) is 2.48. The largest absolute Gasteiger partial charge is 0.454 e. The molecule has 0 saturated heterocycles. The summed E-state index contributed by atoms with van der Waals surface area (Å²) >= 11 is 1.39. The highest BCUT2D eigenvalue weighted by Gasteiger charge is 2.20. The van der Waals surface area contributed by atoms with Crippen LogP contribution in [0, 0.1) is 0 Å². The molecule has 2 N–H and O–H groups in total. The third kappa shape index (κ3) is 3.66. The number of hydrogen-bond donors (Lipinski definition) is 1. The van der Waals surface area contributed by atoms with Gasteiger partial charge >= 0.3 is 0 Å². The predicted molar refractivity (Wildman–Crippen MR) is 89.2 cm³/mol. The van der Waals surface area contributed by atoms with Crippen molar-refractivity contribution in [1.29, 1.82) is 0 Å². The number of rotatable bonds is 7. The molecule has 3 rings (SSSR count). The van der Waals surface area contributed by atoms with E-state index in [9.17, 15) is 4.79 Å². The lowest BCUT2D eigenvalue weighted by Crippen LogP contribution is -2.33. The van der Waals surface area contributed by atoms with Crippen LogP contribution in [0.15, 0.2) is 23.6 Å². The average Bonchev–Trinajstić information content (AvgIpc) is 3.26. The number of carbonyl (C=O) groups is 1. The fourth-order valence-corrected chi connectivity index (χ4v) is 3.03. The number of thiazole rings is 1. The van der Waals surface area contributed by atoms with E-state index in [0.29, 0.717) is 37.7 Å². The van der Waals surface area contributed by atoms with E-state index < -0.39 is 0 Å². The number of hydrogen-bond acceptors (Lipinski definition) is 7. The molecule has 0 radical (unpaired) electrons. The van der Waals surface area contributed by atoms with Crippen molar-refractivity contribution in [3.8, 4) is 11.5 Å². The minimum absolute atomic E-state index is 0.138. The van der Waals surface area contributed by atoms with Gasteiger partial charge in [-0.05, 0) is 17.7 Å². The first kappa shape index (κ1) is 16.7. The van der Waals surface area contributed by atoms with Crippen molar-refractivity contribution in [2.75, 3.05) is 27.1 Å². The molecule has 0 fully saturated rings. The molecule has 7 nitrogen and oxygen atoms in total. The molecule has 0 unspecified atom stereocenters. The molecule has 1 aliphatic heterocycles. The van der Waals surface area contributed by atoms with Gasteiger partial charge in [0.25, 0.3) is 5.91 Å². The molecule has 0 spiro atoms. The molecule has 0 aliphatic carbocycles. The van der Waals surface area contributed by atoms with Crippen LogP contribution < -0.4 is 15.2 Å². The number of aromatic nitrogens is 1. The van der Waals surface area contributed by atoms with Crippen molar-refractivity contribution < 1.29 is 19.0 Å². The minimum atomic E-state index is -0.138. The lowest BCUT2D eigenvalue weighted by molar-refractivity contribution is 0.0675. The molecule has 1 amide bonds. The third-order valence-electron chi connectivity index (χ3n) is 3.61. The van der Waals surface area contributed by atoms with Crippen molar-refractivity contribution in [1.82, 2.24) is 9.88 Å². The van der Waals surface area contributed by atoms with Crippen molar-refractivity contribution in [2.24, 2.45) is 5.73 Å². The van der Waals surface area contributed by atoms with Crippen molar-refractivity contribution in [3.63, 3.8) is 0 Å². The van der Waals surface area contributed by atoms with Crippen LogP contribution in [-0.2, 0) is 17.8 Å². The number of ether oxygens (including phenoxy) is 3. The Morgan fingerprint density at radius 2 is 2.25 bits per heavy atom. The fourth-order valence-electron chi connectivity index (χ4n) is 2.38. The van der Waals surface area contributed by atoms with Gasteiger partial charge in [-0.25, -0.2) is 4.98 Å². The maximum Gasteiger partial charge on any atom is 0.273 e. The number of nitrogens with zero attached hydrogens (tertiary/aromatic N) is 2. The molecule has 2 heterocycles. The third-order valence-corrected chi connectivity index (χ3v) is 4.48. The Hall–Kier alpha value is -2.16. The van der Waals surface area contributed by atoms with E-state index in [1.54, 1.807) is 17.4 Å². The highest BCUT2D eigenvalue weighted by atomic mass is 32.1. The van der Waals surface area contributed by atoms with Crippen molar-refractivity contribution >= 4 is 17.2 Å². The fraction of sp³-hybridized carbons (Fsp3) is 0.375. The average molecular weight is 349 g/mol. The molecule has 1 aromatic carbocycles. The first-order chi connectivity index (χ1) is 11.7. The van der Waals surface area contributed by atoms with Gasteiger partial charge in [-0.15, -0.1) is 11.3 Å². The molecular weight excluding hydrogens is 330 g/mol. The van der Waals surface area contributed by atoms with Crippen LogP contribution in [0.5, 0.6) is 11.5 Å². The number of benzene rings is 1. The lowest BCUT2D eigenvalue weighted by atomic mass is 10.2. The zero-order valence-corrected chi connectivity index (χ0v) is 14.2. The van der Waals surface area contributed by atoms with E-state index in [4.69, 9.17) is 19.9 Å². The topological polar surface area (TPSA) is 86.9 Å². The molecule has 1 aromatic heterocycles. The Morgan fingerprint density at radius 1 is 1.42 bits per heavy atom. The number of carbonyl (C=O) groups excluding carboxylic acids is 1. The van der Waals surface area contributed by atoms with E-state index in [-0.39, 0.29) is 12.7 Å². The van der Waals surface area contributed by atoms with Gasteiger partial charge < -0.3 is 24.8 Å². The normalized spacial score (nSPS) is 12.4. The summed E-state index contributed by atoms with van der Waals surface area (Å²) in [5.74, 6) is 1.28. The van der Waals surface area contributed by atoms with Crippen LogP contribution in [0.4, 0.5) is 0 Å². The maximum absolute atomic E-state index is 12.7. The molecule has 2 aromatic rings. The molecule has 0 bridgehead atoms. The van der Waals surface area contributed by atoms with Crippen LogP contribution >= 0.6 is 11.3 Å². The van der Waals surface area contributed by atoms with Gasteiger partial charge in [-0.3, -0.25) is 4.79 Å². The van der Waals surface area contributed by atoms with Crippen LogP contribution in [0.3, 0.4) is 0 Å². The molecule has 1 aliphatic rings. The van der Waals surface area contributed by atoms with Gasteiger partial charge in [0, 0.05) is 32.1 Å². The minimum Gasteiger partial charge on any atom is -0.454 e. The van der Waals surface area contributed by atoms with E-state index in [1.807, 2.05) is 18.2 Å². The maximum atomic E-state index is 12.7. The Labute approximate surface area is 143 Å². The summed E-state index contributed by atoms with van der Waals surface area (Å²) in [6.45, 7) is 1.92. The highest BCUT2D eigenvalue weighted by Crippen LogP contribution is 2.32. The monoisotopic (exact) mass is 349 g/mol. The lowest BCUT2D eigenvalue weighted by Gasteiger charge is -2.21. The number of fused-ring (bicyclic) bond motifs is 1. The summed E-state index contributed by atoms with van der Waals surface area (Å²) in [7, 11) is 1.61. The van der Waals surface area contributed by atoms with Gasteiger partial charge in [-0.1, -0.05) is 6.07 Å². The quantitative estimate of drug-likeness (QED) is 0.817. The Kier molecular flexibility index (Phi) is 5.29. The van der Waals surface area contributed by atoms with Gasteiger partial charge in [-0.2, -0.15) is 0 Å². The first-order valence-electron chi connectivity index (χ1n) is 7.52. The molecular formula is C16H19N3O4S. The smallest absolute Gasteiger partial charge is 0.273 e. The van der Waals surface area contributed by atoms with E-state index in [1.165, 1.54) is 11.3 Å². The molecule has 24 heavy (non-hydrogen) atoms. The van der Waals surface area contributed by atoms with Crippen LogP contribution in [-0.4, -0.2) is 42.8 Å². The zero-order valence-electron chi connectivity index (χ0n) is 13.4. The van der Waals surface area contributed by atoms with Crippen LogP contribution in [0.25, 0.3) is 0 Å². The summed E-state index contributed by atoms with van der Waals surface area (Å²) in [6, 6.07) is 5.67. The molecule has 128 valence electrons. The van der Waals surface area contributed by atoms with Crippen molar-refractivity contribution in [2.45, 2.75) is 13.1 Å². The second-order valence-electron chi connectivity index (χ2n) is 5.24. The summed E-state index contributed by atoms with van der Waals surface area (Å²) in [5.41, 5.74) is 6.94. The van der Waals surface area contributed by atoms with E-state index in [0.717, 1.165) is 16.3 Å². The van der Waals surface area contributed by atoms with Gasteiger partial charge in [0.1, 0.15) is 10.7 Å². The summed E-state index contributed by atoms with van der Waals surface area (Å²) < 4.78 is 15.8. The SMILES string of the molecule is COCCN(Cc1ccc2c(c1)OCO2)C(=O)c1csc(CN)n1. The van der Waals surface area contributed by atoms with Crippen LogP contribution in [0.2, 0.25) is 0 Å². The van der Waals surface area contributed by atoms with Crippen LogP contribution in [0.1, 0.15) is 21.1 Å². The highest BCUT2D eigenvalue weighted by molar-refractivity contribution is 7.09. The van der Waals surface area contributed by atoms with Crippen molar-refractivity contribution in [3.05, 3.63) is 39.8 Å². The molecule has 0 atom stereocenters. The Morgan fingerprint density at radius 3 is 3.00 bits per heavy atom. The van der Waals surface area contributed by atoms with Gasteiger partial charge in [0.05, 0.1) is 6.61 Å². The first-order valence-corrected chi connectivity index (χ1v) is 8.40. The standard InChI is InChI=1S/C16H19N3O4S/c1-21-5-4-19(16(20)12-9-24-15(7-17)18-12)8-11-2-3-13-14(6-11)23-10-22-13/h2-3,6,9H,4-5,7-8,10,17H2,1H3. The number of methoxy groups -OCH3 is 1. The number of nitrogens with two attached hydrogens (primary N) is 1. The summed E-state index contributed by atoms with van der Waals surface area (Å²) in [4.78, 5) is 18.7. The van der Waals surface area contributed by atoms with Gasteiger partial charge in [0.2, 0.25) is 6.79 Å². The number of amides is 1.